The van der Waals surface area contributed by atoms with E-state index in [-0.39, 0.29) is 17.4 Å². The SMILES string of the molecule is CC1(C)N=C(Cc2cccc(Cl)c2F)NC1=O. The van der Waals surface area contributed by atoms with Gasteiger partial charge < -0.3 is 5.32 Å². The van der Waals surface area contributed by atoms with Gasteiger partial charge in [0.25, 0.3) is 5.91 Å². The van der Waals surface area contributed by atoms with Crippen molar-refractivity contribution < 1.29 is 9.18 Å². The molecule has 0 atom stereocenters. The molecule has 1 aliphatic rings. The molecule has 90 valence electrons. The van der Waals surface area contributed by atoms with Crippen molar-refractivity contribution in [2.24, 2.45) is 4.99 Å². The second-order valence-corrected chi connectivity index (χ2v) is 4.87. The number of aliphatic imine (C=N–C) groups is 1. The van der Waals surface area contributed by atoms with E-state index in [1.54, 1.807) is 26.0 Å². The Kier molecular flexibility index (Phi) is 2.91. The maximum atomic E-state index is 13.6. The highest BCUT2D eigenvalue weighted by atomic mass is 35.5. The molecule has 1 aromatic carbocycles. The molecule has 0 saturated carbocycles. The lowest BCUT2D eigenvalue weighted by Crippen LogP contribution is -2.34. The molecular formula is C12H12ClFN2O. The molecule has 0 saturated heterocycles. The monoisotopic (exact) mass is 254 g/mol. The summed E-state index contributed by atoms with van der Waals surface area (Å²) >= 11 is 5.68. The Morgan fingerprint density at radius 3 is 2.76 bits per heavy atom. The summed E-state index contributed by atoms with van der Waals surface area (Å²) in [5.74, 6) is -0.160. The van der Waals surface area contributed by atoms with Crippen LogP contribution in [0.15, 0.2) is 23.2 Å². The lowest BCUT2D eigenvalue weighted by molar-refractivity contribution is -0.122. The zero-order valence-electron chi connectivity index (χ0n) is 9.55. The van der Waals surface area contributed by atoms with E-state index in [1.165, 1.54) is 6.07 Å². The quantitative estimate of drug-likeness (QED) is 0.865. The summed E-state index contributed by atoms with van der Waals surface area (Å²) in [7, 11) is 0. The third kappa shape index (κ3) is 2.31. The molecule has 1 heterocycles. The Labute approximate surface area is 104 Å². The molecule has 0 radical (unpaired) electrons. The van der Waals surface area contributed by atoms with Crippen LogP contribution in [0.25, 0.3) is 0 Å². The fourth-order valence-electron chi connectivity index (χ4n) is 1.65. The van der Waals surface area contributed by atoms with Crippen molar-refractivity contribution in [2.45, 2.75) is 25.8 Å². The van der Waals surface area contributed by atoms with E-state index < -0.39 is 11.4 Å². The number of nitrogens with zero attached hydrogens (tertiary/aromatic N) is 1. The Morgan fingerprint density at radius 2 is 2.18 bits per heavy atom. The molecule has 1 aliphatic heterocycles. The van der Waals surface area contributed by atoms with E-state index in [9.17, 15) is 9.18 Å². The lowest BCUT2D eigenvalue weighted by atomic mass is 10.1. The highest BCUT2D eigenvalue weighted by Gasteiger charge is 2.34. The molecule has 1 aromatic rings. The van der Waals surface area contributed by atoms with Crippen molar-refractivity contribution in [1.82, 2.24) is 5.32 Å². The Hall–Kier alpha value is -1.42. The highest BCUT2D eigenvalue weighted by Crippen LogP contribution is 2.21. The summed E-state index contributed by atoms with van der Waals surface area (Å²) in [6, 6.07) is 4.78. The van der Waals surface area contributed by atoms with E-state index in [1.807, 2.05) is 0 Å². The maximum absolute atomic E-state index is 13.6. The smallest absolute Gasteiger partial charge is 0.252 e. The van der Waals surface area contributed by atoms with Crippen LogP contribution in [0, 0.1) is 5.82 Å². The molecular weight excluding hydrogens is 243 g/mol. The minimum Gasteiger partial charge on any atom is -0.312 e. The number of nitrogens with one attached hydrogen (secondary N) is 1. The molecule has 0 fully saturated rings. The number of carbonyl (C=O) groups excluding carboxylic acids is 1. The van der Waals surface area contributed by atoms with Gasteiger partial charge >= 0.3 is 0 Å². The van der Waals surface area contributed by atoms with Gasteiger partial charge in [0.2, 0.25) is 0 Å². The first-order chi connectivity index (χ1) is 7.90. The number of benzene rings is 1. The van der Waals surface area contributed by atoms with Gasteiger partial charge in [-0.3, -0.25) is 9.79 Å². The molecule has 0 spiro atoms. The van der Waals surface area contributed by atoms with E-state index in [0.717, 1.165) is 0 Å². The topological polar surface area (TPSA) is 41.5 Å². The van der Waals surface area contributed by atoms with Crippen molar-refractivity contribution in [3.8, 4) is 0 Å². The normalized spacial score (nSPS) is 17.9. The summed E-state index contributed by atoms with van der Waals surface area (Å²) in [5.41, 5.74) is -0.348. The molecule has 2 rings (SSSR count). The number of halogens is 2. The lowest BCUT2D eigenvalue weighted by Gasteiger charge is -2.07. The molecule has 1 N–H and O–H groups in total. The van der Waals surface area contributed by atoms with Crippen molar-refractivity contribution >= 4 is 23.3 Å². The molecule has 0 bridgehead atoms. The van der Waals surface area contributed by atoms with E-state index in [2.05, 4.69) is 10.3 Å². The summed E-state index contributed by atoms with van der Waals surface area (Å²) in [6.45, 7) is 3.42. The molecule has 5 heteroatoms. The van der Waals surface area contributed by atoms with E-state index >= 15 is 0 Å². The molecule has 1 amide bonds. The first kappa shape index (κ1) is 12.0. The molecule has 0 unspecified atom stereocenters. The fraction of sp³-hybridized carbons (Fsp3) is 0.333. The number of amides is 1. The van der Waals surface area contributed by atoms with Gasteiger partial charge in [-0.15, -0.1) is 0 Å². The summed E-state index contributed by atoms with van der Waals surface area (Å²) in [5, 5.41) is 2.72. The number of hydrogen-bond acceptors (Lipinski definition) is 2. The van der Waals surface area contributed by atoms with Crippen molar-refractivity contribution in [3.05, 3.63) is 34.6 Å². The van der Waals surface area contributed by atoms with Crippen LogP contribution >= 0.6 is 11.6 Å². The standard InChI is InChI=1S/C12H12ClFN2O/c1-12(2)11(17)15-9(16-12)6-7-4-3-5-8(13)10(7)14/h3-5H,6H2,1-2H3,(H,15,16,17). The molecule has 0 aliphatic carbocycles. The first-order valence-corrected chi connectivity index (χ1v) is 5.61. The second-order valence-electron chi connectivity index (χ2n) is 4.46. The van der Waals surface area contributed by atoms with Crippen LogP contribution in [0.5, 0.6) is 0 Å². The predicted octanol–water partition coefficient (Wildman–Crippen LogP) is 2.33. The second kappa shape index (κ2) is 4.11. The van der Waals surface area contributed by atoms with Gasteiger partial charge in [-0.25, -0.2) is 4.39 Å². The van der Waals surface area contributed by atoms with Crippen molar-refractivity contribution in [3.63, 3.8) is 0 Å². The molecule has 0 aromatic heterocycles. The largest absolute Gasteiger partial charge is 0.312 e. The van der Waals surface area contributed by atoms with E-state index in [4.69, 9.17) is 11.6 Å². The summed E-state index contributed by atoms with van der Waals surface area (Å²) in [6.07, 6.45) is 0.238. The van der Waals surface area contributed by atoms with Crippen LogP contribution in [0.1, 0.15) is 19.4 Å². The summed E-state index contributed by atoms with van der Waals surface area (Å²) < 4.78 is 13.6. The van der Waals surface area contributed by atoms with Crippen LogP contribution in [0.2, 0.25) is 5.02 Å². The van der Waals surface area contributed by atoms with Crippen LogP contribution < -0.4 is 5.32 Å². The third-order valence-corrected chi connectivity index (χ3v) is 2.91. The number of carbonyl (C=O) groups is 1. The van der Waals surface area contributed by atoms with Crippen LogP contribution in [0.3, 0.4) is 0 Å². The van der Waals surface area contributed by atoms with E-state index in [0.29, 0.717) is 11.4 Å². The third-order valence-electron chi connectivity index (χ3n) is 2.62. The fourth-order valence-corrected chi connectivity index (χ4v) is 1.84. The highest BCUT2D eigenvalue weighted by molar-refractivity contribution is 6.30. The Balaban J connectivity index is 2.24. The average molecular weight is 255 g/mol. The first-order valence-electron chi connectivity index (χ1n) is 5.23. The van der Waals surface area contributed by atoms with Crippen LogP contribution in [-0.2, 0) is 11.2 Å². The zero-order chi connectivity index (χ0) is 12.6. The van der Waals surface area contributed by atoms with Crippen molar-refractivity contribution in [1.29, 1.82) is 0 Å². The van der Waals surface area contributed by atoms with Gasteiger partial charge in [0.05, 0.1) is 5.02 Å². The molecule has 3 nitrogen and oxygen atoms in total. The van der Waals surface area contributed by atoms with Gasteiger partial charge in [0, 0.05) is 6.42 Å². The minimum absolute atomic E-state index is 0.0756. The number of hydrogen-bond donors (Lipinski definition) is 1. The van der Waals surface area contributed by atoms with Crippen molar-refractivity contribution in [2.75, 3.05) is 0 Å². The van der Waals surface area contributed by atoms with Crippen LogP contribution in [-0.4, -0.2) is 17.3 Å². The number of rotatable bonds is 2. The van der Waals surface area contributed by atoms with Gasteiger partial charge in [0.1, 0.15) is 17.2 Å². The number of amidine groups is 1. The molecule has 17 heavy (non-hydrogen) atoms. The predicted molar refractivity (Wildman–Crippen MR) is 64.8 cm³/mol. The Bertz CT molecular complexity index is 511. The average Bonchev–Trinajstić information content (AvgIpc) is 2.48. The van der Waals surface area contributed by atoms with Gasteiger partial charge in [-0.1, -0.05) is 23.7 Å². The summed E-state index contributed by atoms with van der Waals surface area (Å²) in [4.78, 5) is 15.7. The van der Waals surface area contributed by atoms with Gasteiger partial charge in [0.15, 0.2) is 0 Å². The maximum Gasteiger partial charge on any atom is 0.252 e. The van der Waals surface area contributed by atoms with Gasteiger partial charge in [-0.05, 0) is 25.5 Å². The Morgan fingerprint density at radius 1 is 1.47 bits per heavy atom. The van der Waals surface area contributed by atoms with Gasteiger partial charge in [-0.2, -0.15) is 0 Å². The zero-order valence-corrected chi connectivity index (χ0v) is 10.3. The van der Waals surface area contributed by atoms with Crippen LogP contribution in [0.4, 0.5) is 4.39 Å². The minimum atomic E-state index is -0.773.